The zero-order valence-electron chi connectivity index (χ0n) is 18.6. The third kappa shape index (κ3) is 15.4. The zero-order valence-corrected chi connectivity index (χ0v) is 20.8. The predicted molar refractivity (Wildman–Crippen MR) is 117 cm³/mol. The number of alkyl halides is 4. The van der Waals surface area contributed by atoms with Crippen molar-refractivity contribution in [3.63, 3.8) is 0 Å². The molecular weight excluding hydrogens is 536 g/mol. The van der Waals surface area contributed by atoms with E-state index >= 15 is 0 Å². The van der Waals surface area contributed by atoms with Crippen LogP contribution >= 0.6 is 22.6 Å². The van der Waals surface area contributed by atoms with Gasteiger partial charge in [0, 0.05) is 23.2 Å². The zero-order chi connectivity index (χ0) is 24.6. The normalized spacial score (nSPS) is 21.2. The van der Waals surface area contributed by atoms with Crippen LogP contribution in [0.25, 0.3) is 0 Å². The summed E-state index contributed by atoms with van der Waals surface area (Å²) in [4.78, 5) is 31.4. The van der Waals surface area contributed by atoms with Crippen LogP contribution in [0.15, 0.2) is 0 Å². The standard InChI is InChI=1S/C7H12FIO2.C7H13FO3.C6H9FO2/c2*1-3-5(9)4-6(8)7(10)11-2;1-2-4-3-5(7)6(8)9-4/h5-6H,3-4H2,1-2H3;5-6,9H,3-4H2,1-2H3;4-5H,2-3H2,1H3/t;5-,6?;4-,5?/m.11/s1. The molecule has 31 heavy (non-hydrogen) atoms. The van der Waals surface area contributed by atoms with Gasteiger partial charge in [-0.15, -0.1) is 0 Å². The summed E-state index contributed by atoms with van der Waals surface area (Å²) < 4.78 is 50.8. The van der Waals surface area contributed by atoms with E-state index in [1.807, 2.05) is 13.8 Å². The number of aliphatic hydroxyl groups is 1. The Morgan fingerprint density at radius 3 is 1.87 bits per heavy atom. The monoisotopic (exact) mass is 570 g/mol. The molecule has 1 fully saturated rings. The molecule has 1 heterocycles. The van der Waals surface area contributed by atoms with Crippen molar-refractivity contribution in [1.29, 1.82) is 0 Å². The van der Waals surface area contributed by atoms with Crippen LogP contribution in [0.1, 0.15) is 59.3 Å². The molecule has 11 heteroatoms. The number of cyclic esters (lactones) is 1. The topological polar surface area (TPSA) is 99.1 Å². The van der Waals surface area contributed by atoms with E-state index in [1.165, 1.54) is 7.11 Å². The molecule has 1 rings (SSSR count). The fourth-order valence-electron chi connectivity index (χ4n) is 2.11. The van der Waals surface area contributed by atoms with E-state index in [9.17, 15) is 27.6 Å². The van der Waals surface area contributed by atoms with Crippen molar-refractivity contribution in [2.45, 2.75) is 93.9 Å². The second-order valence-electron chi connectivity index (χ2n) is 6.69. The summed E-state index contributed by atoms with van der Waals surface area (Å²) in [5.41, 5.74) is 0. The van der Waals surface area contributed by atoms with Gasteiger partial charge in [0.05, 0.1) is 20.3 Å². The number of methoxy groups -OCH3 is 2. The third-order valence-electron chi connectivity index (χ3n) is 4.23. The van der Waals surface area contributed by atoms with Crippen LogP contribution in [0.2, 0.25) is 0 Å². The lowest BCUT2D eigenvalue weighted by atomic mass is 10.1. The molecule has 0 aromatic rings. The number of carbonyl (C=O) groups excluding carboxylic acids is 3. The Morgan fingerprint density at radius 2 is 1.58 bits per heavy atom. The Morgan fingerprint density at radius 1 is 1.10 bits per heavy atom. The molecule has 0 aromatic heterocycles. The smallest absolute Gasteiger partial charge is 0.341 e. The first-order chi connectivity index (χ1) is 14.5. The van der Waals surface area contributed by atoms with E-state index in [1.54, 1.807) is 6.92 Å². The number of aliphatic hydroxyl groups excluding tert-OH is 1. The Labute approximate surface area is 195 Å². The van der Waals surface area contributed by atoms with E-state index in [4.69, 9.17) is 5.11 Å². The summed E-state index contributed by atoms with van der Waals surface area (Å²) >= 11 is 2.12. The number of hydrogen-bond acceptors (Lipinski definition) is 7. The first-order valence-corrected chi connectivity index (χ1v) is 11.3. The van der Waals surface area contributed by atoms with Crippen molar-refractivity contribution in [1.82, 2.24) is 0 Å². The van der Waals surface area contributed by atoms with Gasteiger partial charge in [-0.1, -0.05) is 43.4 Å². The molecule has 1 aliphatic rings. The van der Waals surface area contributed by atoms with Crippen molar-refractivity contribution in [3.8, 4) is 0 Å². The van der Waals surface area contributed by atoms with Crippen molar-refractivity contribution in [3.05, 3.63) is 0 Å². The predicted octanol–water partition coefficient (Wildman–Crippen LogP) is 3.81. The fraction of sp³-hybridized carbons (Fsp3) is 0.850. The van der Waals surface area contributed by atoms with Crippen LogP contribution in [0.4, 0.5) is 13.2 Å². The lowest BCUT2D eigenvalue weighted by Gasteiger charge is -2.09. The molecule has 0 aromatic carbocycles. The Bertz CT molecular complexity index is 495. The third-order valence-corrected chi connectivity index (χ3v) is 5.62. The first-order valence-electron chi connectivity index (χ1n) is 10.1. The van der Waals surface area contributed by atoms with Crippen LogP contribution in [0.5, 0.6) is 0 Å². The second-order valence-corrected chi connectivity index (χ2v) is 8.45. The van der Waals surface area contributed by atoms with Crippen LogP contribution in [0, 0.1) is 0 Å². The minimum absolute atomic E-state index is 0.174. The molecule has 1 saturated heterocycles. The minimum atomic E-state index is -1.70. The van der Waals surface area contributed by atoms with Crippen LogP contribution in [-0.4, -0.2) is 71.9 Å². The quantitative estimate of drug-likeness (QED) is 0.195. The number of halogens is 4. The first kappa shape index (κ1) is 32.1. The highest BCUT2D eigenvalue weighted by Gasteiger charge is 2.32. The van der Waals surface area contributed by atoms with Crippen molar-refractivity contribution < 1.29 is 46.9 Å². The van der Waals surface area contributed by atoms with Gasteiger partial charge in [0.15, 0.2) is 12.3 Å². The van der Waals surface area contributed by atoms with Gasteiger partial charge in [-0.05, 0) is 19.3 Å². The maximum atomic E-state index is 12.8. The molecule has 1 aliphatic heterocycles. The van der Waals surface area contributed by atoms with Gasteiger partial charge in [0.1, 0.15) is 6.10 Å². The van der Waals surface area contributed by atoms with Crippen LogP contribution in [0.3, 0.4) is 0 Å². The van der Waals surface area contributed by atoms with Gasteiger partial charge in [0.2, 0.25) is 6.17 Å². The Balaban J connectivity index is 0. The molecule has 6 atom stereocenters. The molecule has 184 valence electrons. The summed E-state index contributed by atoms with van der Waals surface area (Å²) in [7, 11) is 2.32. The van der Waals surface area contributed by atoms with Gasteiger partial charge >= 0.3 is 17.9 Å². The summed E-state index contributed by atoms with van der Waals surface area (Å²) in [6.45, 7) is 5.55. The van der Waals surface area contributed by atoms with Crippen LogP contribution in [-0.2, 0) is 28.6 Å². The number of hydrogen-bond donors (Lipinski definition) is 1. The van der Waals surface area contributed by atoms with E-state index < -0.39 is 42.5 Å². The number of esters is 3. The molecule has 0 spiro atoms. The molecular formula is C20H34F3IO7. The molecule has 0 amide bonds. The molecule has 0 aliphatic carbocycles. The van der Waals surface area contributed by atoms with Gasteiger partial charge in [-0.2, -0.15) is 0 Å². The average molecular weight is 570 g/mol. The molecule has 4 unspecified atom stereocenters. The van der Waals surface area contributed by atoms with E-state index in [0.717, 1.165) is 13.5 Å². The summed E-state index contributed by atoms with van der Waals surface area (Å²) in [5.74, 6) is -2.38. The summed E-state index contributed by atoms with van der Waals surface area (Å²) in [5, 5.41) is 8.92. The molecule has 1 N–H and O–H groups in total. The summed E-state index contributed by atoms with van der Waals surface area (Å²) in [6.07, 6.45) is -3.10. The highest BCUT2D eigenvalue weighted by Crippen LogP contribution is 2.19. The average Bonchev–Trinajstić information content (AvgIpc) is 3.10. The number of rotatable bonds is 9. The molecule has 7 nitrogen and oxygen atoms in total. The highest BCUT2D eigenvalue weighted by molar-refractivity contribution is 14.1. The largest absolute Gasteiger partial charge is 0.467 e. The van der Waals surface area contributed by atoms with E-state index in [-0.39, 0.29) is 29.3 Å². The SMILES string of the molecule is CCC(I)CC(F)C(=O)OC.CC[C@@H](O)CC(F)C(=O)OC.CC[C@@H]1CC(F)C(=O)O1. The van der Waals surface area contributed by atoms with Gasteiger partial charge in [-0.3, -0.25) is 0 Å². The maximum absolute atomic E-state index is 12.8. The Hall–Kier alpha value is -1.11. The van der Waals surface area contributed by atoms with Crippen molar-refractivity contribution >= 4 is 40.5 Å². The highest BCUT2D eigenvalue weighted by atomic mass is 127. The van der Waals surface area contributed by atoms with E-state index in [0.29, 0.717) is 12.8 Å². The van der Waals surface area contributed by atoms with Gasteiger partial charge < -0.3 is 19.3 Å². The summed E-state index contributed by atoms with van der Waals surface area (Å²) in [6, 6.07) is 0. The van der Waals surface area contributed by atoms with Crippen LogP contribution < -0.4 is 0 Å². The van der Waals surface area contributed by atoms with Gasteiger partial charge in [0.25, 0.3) is 0 Å². The molecule has 0 radical (unpaired) electrons. The van der Waals surface area contributed by atoms with Crippen molar-refractivity contribution in [2.24, 2.45) is 0 Å². The van der Waals surface area contributed by atoms with E-state index in [2.05, 4.69) is 36.8 Å². The molecule has 0 saturated carbocycles. The maximum Gasteiger partial charge on any atom is 0.341 e. The lowest BCUT2D eigenvalue weighted by Crippen LogP contribution is -2.22. The number of carbonyl (C=O) groups is 3. The lowest BCUT2D eigenvalue weighted by molar-refractivity contribution is -0.148. The Kier molecular flexibility index (Phi) is 19.1. The molecule has 0 bridgehead atoms. The van der Waals surface area contributed by atoms with Gasteiger partial charge in [-0.25, -0.2) is 27.6 Å². The van der Waals surface area contributed by atoms with Crippen molar-refractivity contribution in [2.75, 3.05) is 14.2 Å². The second kappa shape index (κ2) is 18.5. The fourth-order valence-corrected chi connectivity index (χ4v) is 2.55. The minimum Gasteiger partial charge on any atom is -0.467 e. The number of ether oxygens (including phenoxy) is 3.